The minimum atomic E-state index is -0.712. The third-order valence-electron chi connectivity index (χ3n) is 4.82. The van der Waals surface area contributed by atoms with Crippen LogP contribution in [0, 0.1) is 27.7 Å². The number of rotatable bonds is 3. The molecule has 7 heteroatoms. The lowest BCUT2D eigenvalue weighted by Crippen LogP contribution is -2.31. The predicted octanol–water partition coefficient (Wildman–Crippen LogP) is 3.98. The fourth-order valence-electron chi connectivity index (χ4n) is 3.03. The van der Waals surface area contributed by atoms with Gasteiger partial charge in [-0.1, -0.05) is 34.1 Å². The molecule has 0 radical (unpaired) electrons. The molecule has 0 saturated heterocycles. The fraction of sp³-hybridized carbons (Fsp3) is 0.190. The number of aromatic hydroxyl groups is 1. The van der Waals surface area contributed by atoms with E-state index in [1.165, 1.54) is 6.21 Å². The van der Waals surface area contributed by atoms with Crippen LogP contribution < -0.4 is 11.2 Å². The summed E-state index contributed by atoms with van der Waals surface area (Å²) in [6.45, 7) is 7.58. The molecule has 0 aliphatic rings. The fourth-order valence-corrected chi connectivity index (χ4v) is 3.46. The first-order chi connectivity index (χ1) is 13.2. The van der Waals surface area contributed by atoms with Gasteiger partial charge in [0.25, 0.3) is 5.56 Å². The molecule has 1 heterocycles. The second kappa shape index (κ2) is 7.59. The number of aromatic amines is 1. The number of benzene rings is 2. The average Bonchev–Trinajstić information content (AvgIpc) is 2.63. The lowest BCUT2D eigenvalue weighted by molar-refractivity contribution is 0.430. The molecule has 144 valence electrons. The topological polar surface area (TPSA) is 87.4 Å². The summed E-state index contributed by atoms with van der Waals surface area (Å²) in [5.74, 6) is -0.450. The van der Waals surface area contributed by atoms with Crippen molar-refractivity contribution in [2.75, 3.05) is 0 Å². The summed E-state index contributed by atoms with van der Waals surface area (Å²) >= 11 is 3.45. The van der Waals surface area contributed by atoms with Crippen molar-refractivity contribution >= 4 is 27.8 Å². The molecule has 6 nitrogen and oxygen atoms in total. The van der Waals surface area contributed by atoms with Gasteiger partial charge in [0.1, 0.15) is 5.56 Å². The van der Waals surface area contributed by atoms with Crippen LogP contribution in [0.3, 0.4) is 0 Å². The van der Waals surface area contributed by atoms with E-state index in [1.807, 2.05) is 45.9 Å². The molecule has 0 aliphatic carbocycles. The molecule has 0 bridgehead atoms. The summed E-state index contributed by atoms with van der Waals surface area (Å²) in [6, 6.07) is 9.25. The smallest absolute Gasteiger partial charge is 0.335 e. The zero-order chi connectivity index (χ0) is 20.6. The molecule has 28 heavy (non-hydrogen) atoms. The number of aromatic nitrogens is 2. The maximum absolute atomic E-state index is 12.4. The largest absolute Gasteiger partial charge is 0.493 e. The van der Waals surface area contributed by atoms with E-state index in [2.05, 4.69) is 25.9 Å². The van der Waals surface area contributed by atoms with Crippen molar-refractivity contribution in [2.24, 2.45) is 4.99 Å². The summed E-state index contributed by atoms with van der Waals surface area (Å²) in [4.78, 5) is 31.4. The quantitative estimate of drug-likeness (QED) is 0.602. The van der Waals surface area contributed by atoms with Crippen LogP contribution in [0.25, 0.3) is 5.69 Å². The van der Waals surface area contributed by atoms with Crippen molar-refractivity contribution in [3.8, 4) is 11.6 Å². The van der Waals surface area contributed by atoms with Gasteiger partial charge in [0.15, 0.2) is 0 Å². The lowest BCUT2D eigenvalue weighted by atomic mass is 10.1. The molecule has 0 spiro atoms. The van der Waals surface area contributed by atoms with Crippen molar-refractivity contribution in [3.05, 3.63) is 83.5 Å². The van der Waals surface area contributed by atoms with Gasteiger partial charge in [-0.2, -0.15) is 0 Å². The van der Waals surface area contributed by atoms with E-state index < -0.39 is 17.1 Å². The highest BCUT2D eigenvalue weighted by Crippen LogP contribution is 2.27. The Morgan fingerprint density at radius 1 is 1.04 bits per heavy atom. The lowest BCUT2D eigenvalue weighted by Gasteiger charge is -2.14. The molecule has 0 amide bonds. The molecule has 3 aromatic rings. The third kappa shape index (κ3) is 3.45. The standard InChI is InChI=1S/C21H20BrN3O3/c1-11-6-5-7-12(2)18(11)23-10-15-19(26)24-21(28)25(20(15)27)17-9-8-16(22)13(3)14(17)4/h5-10,27H,1-4H3,(H,24,26,28). The molecule has 2 aromatic carbocycles. The molecular formula is C21H20BrN3O3. The van der Waals surface area contributed by atoms with Crippen LogP contribution in [-0.2, 0) is 0 Å². The molecule has 0 unspecified atom stereocenters. The Kier molecular flexibility index (Phi) is 5.38. The number of nitrogens with zero attached hydrogens (tertiary/aromatic N) is 2. The summed E-state index contributed by atoms with van der Waals surface area (Å²) < 4.78 is 1.98. The Morgan fingerprint density at radius 3 is 2.32 bits per heavy atom. The second-order valence-electron chi connectivity index (χ2n) is 6.65. The van der Waals surface area contributed by atoms with Crippen LogP contribution in [-0.4, -0.2) is 20.9 Å². The third-order valence-corrected chi connectivity index (χ3v) is 5.68. The van der Waals surface area contributed by atoms with Crippen LogP contribution in [0.5, 0.6) is 5.88 Å². The van der Waals surface area contributed by atoms with Gasteiger partial charge in [0.05, 0.1) is 11.4 Å². The van der Waals surface area contributed by atoms with Crippen LogP contribution >= 0.6 is 15.9 Å². The highest BCUT2D eigenvalue weighted by Gasteiger charge is 2.17. The number of H-pyrrole nitrogens is 1. The van der Waals surface area contributed by atoms with Gasteiger partial charge in [0, 0.05) is 10.7 Å². The van der Waals surface area contributed by atoms with Crippen LogP contribution in [0.4, 0.5) is 5.69 Å². The highest BCUT2D eigenvalue weighted by atomic mass is 79.9. The second-order valence-corrected chi connectivity index (χ2v) is 7.50. The van der Waals surface area contributed by atoms with Gasteiger partial charge >= 0.3 is 5.69 Å². The average molecular weight is 442 g/mol. The van der Waals surface area contributed by atoms with Gasteiger partial charge in [-0.05, 0) is 62.1 Å². The van der Waals surface area contributed by atoms with E-state index in [-0.39, 0.29) is 5.56 Å². The van der Waals surface area contributed by atoms with Crippen LogP contribution in [0.1, 0.15) is 27.8 Å². The molecule has 0 fully saturated rings. The van der Waals surface area contributed by atoms with Crippen molar-refractivity contribution in [1.29, 1.82) is 0 Å². The summed E-state index contributed by atoms with van der Waals surface area (Å²) in [5.41, 5.74) is 3.34. The maximum Gasteiger partial charge on any atom is 0.335 e. The van der Waals surface area contributed by atoms with E-state index in [0.717, 1.165) is 37.0 Å². The maximum atomic E-state index is 12.4. The monoisotopic (exact) mass is 441 g/mol. The molecule has 0 atom stereocenters. The zero-order valence-corrected chi connectivity index (χ0v) is 17.6. The SMILES string of the molecule is Cc1cccc(C)c1N=Cc1c(O)n(-c2ccc(Br)c(C)c2C)c(=O)[nH]c1=O. The summed E-state index contributed by atoms with van der Waals surface area (Å²) in [7, 11) is 0. The van der Waals surface area contributed by atoms with Gasteiger partial charge in [-0.25, -0.2) is 9.36 Å². The summed E-state index contributed by atoms with van der Waals surface area (Å²) in [6.07, 6.45) is 1.29. The summed E-state index contributed by atoms with van der Waals surface area (Å²) in [5, 5.41) is 10.7. The van der Waals surface area contributed by atoms with Gasteiger partial charge in [-0.3, -0.25) is 14.8 Å². The molecule has 2 N–H and O–H groups in total. The number of nitrogens with one attached hydrogen (secondary N) is 1. The molecular weight excluding hydrogens is 422 g/mol. The normalized spacial score (nSPS) is 11.3. The minimum Gasteiger partial charge on any atom is -0.493 e. The highest BCUT2D eigenvalue weighted by molar-refractivity contribution is 9.10. The molecule has 0 saturated carbocycles. The first-order valence-electron chi connectivity index (χ1n) is 8.67. The van der Waals surface area contributed by atoms with Gasteiger partial charge < -0.3 is 5.11 Å². The van der Waals surface area contributed by atoms with E-state index >= 15 is 0 Å². The van der Waals surface area contributed by atoms with Gasteiger partial charge in [-0.15, -0.1) is 0 Å². The van der Waals surface area contributed by atoms with E-state index in [9.17, 15) is 14.7 Å². The molecule has 1 aromatic heterocycles. The minimum absolute atomic E-state index is 0.0813. The van der Waals surface area contributed by atoms with E-state index in [1.54, 1.807) is 12.1 Å². The van der Waals surface area contributed by atoms with Crippen molar-refractivity contribution < 1.29 is 5.11 Å². The number of aryl methyl sites for hydroxylation is 2. The first kappa shape index (κ1) is 19.8. The molecule has 3 rings (SSSR count). The van der Waals surface area contributed by atoms with Crippen LogP contribution in [0.15, 0.2) is 49.4 Å². The Balaban J connectivity index is 2.22. The Labute approximate surface area is 170 Å². The van der Waals surface area contributed by atoms with E-state index in [4.69, 9.17) is 0 Å². The molecule has 0 aliphatic heterocycles. The van der Waals surface area contributed by atoms with Crippen molar-refractivity contribution in [2.45, 2.75) is 27.7 Å². The van der Waals surface area contributed by atoms with Crippen molar-refractivity contribution in [3.63, 3.8) is 0 Å². The number of hydrogen-bond acceptors (Lipinski definition) is 4. The predicted molar refractivity (Wildman–Crippen MR) is 115 cm³/mol. The number of para-hydroxylation sites is 1. The Morgan fingerprint density at radius 2 is 1.68 bits per heavy atom. The number of hydrogen-bond donors (Lipinski definition) is 2. The first-order valence-corrected chi connectivity index (χ1v) is 9.46. The van der Waals surface area contributed by atoms with E-state index in [0.29, 0.717) is 5.69 Å². The Bertz CT molecular complexity index is 1200. The van der Waals surface area contributed by atoms with Gasteiger partial charge in [0.2, 0.25) is 5.88 Å². The number of halogens is 1. The van der Waals surface area contributed by atoms with Crippen LogP contribution in [0.2, 0.25) is 0 Å². The van der Waals surface area contributed by atoms with Crippen molar-refractivity contribution in [1.82, 2.24) is 9.55 Å². The number of aliphatic imine (C=N–C) groups is 1. The zero-order valence-electron chi connectivity index (χ0n) is 16.0. The Hall–Kier alpha value is -2.93.